The molecule has 0 aliphatic carbocycles. The predicted molar refractivity (Wildman–Crippen MR) is 78.5 cm³/mol. The third-order valence-corrected chi connectivity index (χ3v) is 3.24. The van der Waals surface area contributed by atoms with Crippen molar-refractivity contribution in [3.8, 4) is 0 Å². The maximum atomic E-state index is 11.9. The zero-order valence-corrected chi connectivity index (χ0v) is 11.0. The minimum absolute atomic E-state index is 0.0884. The summed E-state index contributed by atoms with van der Waals surface area (Å²) < 4.78 is 2.14. The fraction of sp³-hybridized carbons (Fsp3) is 0.125. The van der Waals surface area contributed by atoms with Gasteiger partial charge in [0.2, 0.25) is 0 Å². The summed E-state index contributed by atoms with van der Waals surface area (Å²) in [5.41, 5.74) is 1.77. The maximum absolute atomic E-state index is 11.9. The first-order valence-electron chi connectivity index (χ1n) is 6.57. The second kappa shape index (κ2) is 5.57. The summed E-state index contributed by atoms with van der Waals surface area (Å²) in [6.07, 6.45) is 5.27. The van der Waals surface area contributed by atoms with Crippen LogP contribution in [0.3, 0.4) is 0 Å². The van der Waals surface area contributed by atoms with Gasteiger partial charge in [0.15, 0.2) is 0 Å². The van der Waals surface area contributed by atoms with E-state index in [1.54, 1.807) is 24.5 Å². The Labute approximate surface area is 117 Å². The van der Waals surface area contributed by atoms with Crippen molar-refractivity contribution in [2.45, 2.75) is 6.54 Å². The van der Waals surface area contributed by atoms with E-state index < -0.39 is 0 Å². The number of hydrogen-bond acceptors (Lipinski definition) is 2. The van der Waals surface area contributed by atoms with Gasteiger partial charge in [-0.1, -0.05) is 18.2 Å². The van der Waals surface area contributed by atoms with Crippen molar-refractivity contribution >= 4 is 16.8 Å². The maximum Gasteiger partial charge on any atom is 0.252 e. The van der Waals surface area contributed by atoms with Gasteiger partial charge >= 0.3 is 0 Å². The van der Waals surface area contributed by atoms with E-state index in [4.69, 9.17) is 0 Å². The second-order valence-corrected chi connectivity index (χ2v) is 4.57. The van der Waals surface area contributed by atoms with Crippen LogP contribution in [-0.2, 0) is 6.54 Å². The van der Waals surface area contributed by atoms with Gasteiger partial charge in [-0.25, -0.2) is 0 Å². The molecule has 1 amide bonds. The fourth-order valence-corrected chi connectivity index (χ4v) is 2.22. The SMILES string of the molecule is O=C(NCCn1ccc2ccccc21)c1cccnc1. The highest BCUT2D eigenvalue weighted by atomic mass is 16.1. The molecular formula is C16H15N3O. The van der Waals surface area contributed by atoms with E-state index in [1.165, 1.54) is 10.9 Å². The quantitative estimate of drug-likeness (QED) is 0.787. The Hall–Kier alpha value is -2.62. The van der Waals surface area contributed by atoms with E-state index in [0.29, 0.717) is 12.1 Å². The van der Waals surface area contributed by atoms with Crippen LogP contribution in [0.1, 0.15) is 10.4 Å². The van der Waals surface area contributed by atoms with Crippen LogP contribution in [0.4, 0.5) is 0 Å². The smallest absolute Gasteiger partial charge is 0.252 e. The van der Waals surface area contributed by atoms with Crippen molar-refractivity contribution in [2.24, 2.45) is 0 Å². The third kappa shape index (κ3) is 2.54. The first-order chi connectivity index (χ1) is 9.84. The summed E-state index contributed by atoms with van der Waals surface area (Å²) in [4.78, 5) is 15.8. The Balaban J connectivity index is 1.62. The molecule has 0 saturated heterocycles. The molecular weight excluding hydrogens is 250 g/mol. The zero-order chi connectivity index (χ0) is 13.8. The molecule has 0 aliphatic heterocycles. The lowest BCUT2D eigenvalue weighted by molar-refractivity contribution is 0.0952. The number of benzene rings is 1. The minimum atomic E-state index is -0.0884. The number of aromatic nitrogens is 2. The molecule has 0 unspecified atom stereocenters. The largest absolute Gasteiger partial charge is 0.350 e. The Kier molecular flexibility index (Phi) is 3.46. The normalized spacial score (nSPS) is 10.6. The number of para-hydroxylation sites is 1. The Morgan fingerprint density at radius 3 is 2.90 bits per heavy atom. The monoisotopic (exact) mass is 265 g/mol. The topological polar surface area (TPSA) is 46.9 Å². The number of carbonyl (C=O) groups is 1. The number of amides is 1. The standard InChI is InChI=1S/C16H15N3O/c20-16(14-5-3-8-17-12-14)18-9-11-19-10-7-13-4-1-2-6-15(13)19/h1-8,10,12H,9,11H2,(H,18,20). The van der Waals surface area contributed by atoms with E-state index in [9.17, 15) is 4.79 Å². The van der Waals surface area contributed by atoms with Gasteiger partial charge < -0.3 is 9.88 Å². The summed E-state index contributed by atoms with van der Waals surface area (Å²) >= 11 is 0. The molecule has 100 valence electrons. The zero-order valence-electron chi connectivity index (χ0n) is 11.0. The lowest BCUT2D eigenvalue weighted by atomic mass is 10.2. The first kappa shape index (κ1) is 12.4. The van der Waals surface area contributed by atoms with E-state index >= 15 is 0 Å². The Morgan fingerprint density at radius 1 is 1.15 bits per heavy atom. The summed E-state index contributed by atoms with van der Waals surface area (Å²) in [5.74, 6) is -0.0884. The molecule has 4 nitrogen and oxygen atoms in total. The van der Waals surface area contributed by atoms with Gasteiger partial charge in [-0.05, 0) is 29.7 Å². The number of fused-ring (bicyclic) bond motifs is 1. The first-order valence-corrected chi connectivity index (χ1v) is 6.57. The number of carbonyl (C=O) groups excluding carboxylic acids is 1. The van der Waals surface area contributed by atoms with E-state index in [-0.39, 0.29) is 5.91 Å². The van der Waals surface area contributed by atoms with Crippen molar-refractivity contribution in [2.75, 3.05) is 6.54 Å². The summed E-state index contributed by atoms with van der Waals surface area (Å²) in [6, 6.07) is 13.8. The number of hydrogen-bond donors (Lipinski definition) is 1. The number of nitrogens with zero attached hydrogens (tertiary/aromatic N) is 2. The van der Waals surface area contributed by atoms with E-state index in [0.717, 1.165) is 6.54 Å². The van der Waals surface area contributed by atoms with Crippen LogP contribution in [0, 0.1) is 0 Å². The van der Waals surface area contributed by atoms with E-state index in [2.05, 4.69) is 33.1 Å². The van der Waals surface area contributed by atoms with Crippen molar-refractivity contribution in [1.82, 2.24) is 14.9 Å². The molecule has 0 spiro atoms. The predicted octanol–water partition coefficient (Wildman–Crippen LogP) is 2.47. The van der Waals surface area contributed by atoms with Gasteiger partial charge in [0.1, 0.15) is 0 Å². The molecule has 2 aromatic heterocycles. The van der Waals surface area contributed by atoms with Crippen LogP contribution in [0.25, 0.3) is 10.9 Å². The van der Waals surface area contributed by atoms with Crippen LogP contribution in [0.15, 0.2) is 61.1 Å². The highest BCUT2D eigenvalue weighted by Crippen LogP contribution is 2.14. The van der Waals surface area contributed by atoms with Crippen LogP contribution in [0.5, 0.6) is 0 Å². The number of rotatable bonds is 4. The van der Waals surface area contributed by atoms with Gasteiger partial charge in [-0.15, -0.1) is 0 Å². The molecule has 0 atom stereocenters. The molecule has 0 bridgehead atoms. The third-order valence-electron chi connectivity index (χ3n) is 3.24. The summed E-state index contributed by atoms with van der Waals surface area (Å²) in [5, 5.41) is 4.12. The van der Waals surface area contributed by atoms with Crippen molar-refractivity contribution in [3.63, 3.8) is 0 Å². The van der Waals surface area contributed by atoms with Crippen molar-refractivity contribution in [3.05, 3.63) is 66.6 Å². The number of pyridine rings is 1. The Morgan fingerprint density at radius 2 is 2.05 bits per heavy atom. The van der Waals surface area contributed by atoms with Crippen molar-refractivity contribution in [1.29, 1.82) is 0 Å². The molecule has 0 aliphatic rings. The molecule has 20 heavy (non-hydrogen) atoms. The van der Waals surface area contributed by atoms with Gasteiger partial charge in [0.25, 0.3) is 5.91 Å². The molecule has 0 saturated carbocycles. The fourth-order valence-electron chi connectivity index (χ4n) is 2.22. The molecule has 3 aromatic rings. The molecule has 2 heterocycles. The van der Waals surface area contributed by atoms with E-state index in [1.807, 2.05) is 18.3 Å². The highest BCUT2D eigenvalue weighted by molar-refractivity contribution is 5.93. The number of nitrogens with one attached hydrogen (secondary N) is 1. The molecule has 3 rings (SSSR count). The molecule has 0 fully saturated rings. The van der Waals surface area contributed by atoms with Crippen LogP contribution in [-0.4, -0.2) is 22.0 Å². The lowest BCUT2D eigenvalue weighted by Crippen LogP contribution is -2.27. The molecule has 4 heteroatoms. The molecule has 1 N–H and O–H groups in total. The summed E-state index contributed by atoms with van der Waals surface area (Å²) in [7, 11) is 0. The van der Waals surface area contributed by atoms with Crippen LogP contribution < -0.4 is 5.32 Å². The van der Waals surface area contributed by atoms with Crippen molar-refractivity contribution < 1.29 is 4.79 Å². The van der Waals surface area contributed by atoms with Crippen LogP contribution >= 0.6 is 0 Å². The van der Waals surface area contributed by atoms with Gasteiger partial charge in [0.05, 0.1) is 5.56 Å². The van der Waals surface area contributed by atoms with Gasteiger partial charge in [-0.2, -0.15) is 0 Å². The minimum Gasteiger partial charge on any atom is -0.350 e. The summed E-state index contributed by atoms with van der Waals surface area (Å²) in [6.45, 7) is 1.34. The molecule has 0 radical (unpaired) electrons. The Bertz CT molecular complexity index is 719. The molecule has 1 aromatic carbocycles. The average Bonchev–Trinajstić information content (AvgIpc) is 2.92. The second-order valence-electron chi connectivity index (χ2n) is 4.57. The lowest BCUT2D eigenvalue weighted by Gasteiger charge is -2.07. The van der Waals surface area contributed by atoms with Gasteiger partial charge in [-0.3, -0.25) is 9.78 Å². The average molecular weight is 265 g/mol. The highest BCUT2D eigenvalue weighted by Gasteiger charge is 2.04. The van der Waals surface area contributed by atoms with Gasteiger partial charge in [0, 0.05) is 37.2 Å². The van der Waals surface area contributed by atoms with Crippen LogP contribution in [0.2, 0.25) is 0 Å².